The Hall–Kier alpha value is -0.710. The van der Waals surface area contributed by atoms with E-state index in [0.29, 0.717) is 6.04 Å². The molecule has 2 nitrogen and oxygen atoms in total. The summed E-state index contributed by atoms with van der Waals surface area (Å²) >= 11 is 7.08. The normalized spacial score (nSPS) is 12.4. The number of aromatic nitrogens is 1. The minimum atomic E-state index is 0.304. The van der Waals surface area contributed by atoms with Crippen LogP contribution in [0.1, 0.15) is 36.1 Å². The van der Waals surface area contributed by atoms with E-state index >= 15 is 0 Å². The minimum absolute atomic E-state index is 0.304. The molecule has 0 aliphatic heterocycles. The lowest BCUT2D eigenvalue weighted by atomic mass is 9.96. The van der Waals surface area contributed by atoms with Gasteiger partial charge in [-0.1, -0.05) is 28.9 Å². The number of nitrogens with zero attached hydrogens (tertiary/aromatic N) is 1. The first-order valence-corrected chi connectivity index (χ1v) is 8.77. The third-order valence-electron chi connectivity index (χ3n) is 3.46. The summed E-state index contributed by atoms with van der Waals surface area (Å²) in [7, 11) is 0. The van der Waals surface area contributed by atoms with Gasteiger partial charge in [0.25, 0.3) is 0 Å². The Morgan fingerprint density at radius 1 is 1.14 bits per heavy atom. The van der Waals surface area contributed by atoms with Crippen molar-refractivity contribution in [1.29, 1.82) is 0 Å². The second kappa shape index (κ2) is 8.06. The van der Waals surface area contributed by atoms with Gasteiger partial charge in [-0.3, -0.25) is 4.98 Å². The van der Waals surface area contributed by atoms with Crippen LogP contribution in [0.3, 0.4) is 0 Å². The van der Waals surface area contributed by atoms with Crippen LogP contribution in [0.5, 0.6) is 0 Å². The summed E-state index contributed by atoms with van der Waals surface area (Å²) in [5.74, 6) is 0. The Labute approximate surface area is 143 Å². The van der Waals surface area contributed by atoms with E-state index in [1.807, 2.05) is 12.4 Å². The molecule has 0 saturated carbocycles. The van der Waals surface area contributed by atoms with E-state index in [2.05, 4.69) is 80.3 Å². The number of pyridine rings is 1. The standard InChI is InChI=1S/C17H20Br2N2/c1-3-6-21-17(8-13-7-15(19)11-20-10-13)16-9-14(18)5-4-12(16)2/h4-5,7,9-11,17,21H,3,6,8H2,1-2H3. The summed E-state index contributed by atoms with van der Waals surface area (Å²) in [5.41, 5.74) is 3.89. The van der Waals surface area contributed by atoms with Crippen LogP contribution in [0.4, 0.5) is 0 Å². The van der Waals surface area contributed by atoms with E-state index in [-0.39, 0.29) is 0 Å². The second-order valence-corrected chi connectivity index (χ2v) is 7.05. The fourth-order valence-electron chi connectivity index (χ4n) is 2.40. The van der Waals surface area contributed by atoms with Gasteiger partial charge < -0.3 is 5.32 Å². The van der Waals surface area contributed by atoms with Crippen LogP contribution < -0.4 is 5.32 Å². The van der Waals surface area contributed by atoms with Gasteiger partial charge in [-0.05, 0) is 77.1 Å². The molecule has 4 heteroatoms. The summed E-state index contributed by atoms with van der Waals surface area (Å²) in [4.78, 5) is 4.27. The molecule has 0 spiro atoms. The summed E-state index contributed by atoms with van der Waals surface area (Å²) in [6, 6.07) is 8.92. The maximum Gasteiger partial charge on any atom is 0.0410 e. The molecule has 0 aliphatic rings. The molecule has 0 bridgehead atoms. The molecule has 2 aromatic rings. The smallest absolute Gasteiger partial charge is 0.0410 e. The molecule has 1 heterocycles. The summed E-state index contributed by atoms with van der Waals surface area (Å²) < 4.78 is 2.15. The zero-order valence-electron chi connectivity index (χ0n) is 12.4. The summed E-state index contributed by atoms with van der Waals surface area (Å²) in [6.07, 6.45) is 5.82. The molecule has 0 fully saturated rings. The molecule has 1 aromatic heterocycles. The van der Waals surface area contributed by atoms with Gasteiger partial charge in [-0.25, -0.2) is 0 Å². The van der Waals surface area contributed by atoms with Crippen LogP contribution in [-0.4, -0.2) is 11.5 Å². The number of nitrogens with one attached hydrogen (secondary N) is 1. The van der Waals surface area contributed by atoms with Crippen molar-refractivity contribution in [3.63, 3.8) is 0 Å². The minimum Gasteiger partial charge on any atom is -0.310 e. The van der Waals surface area contributed by atoms with Crippen LogP contribution in [0.15, 0.2) is 45.6 Å². The van der Waals surface area contributed by atoms with E-state index in [4.69, 9.17) is 0 Å². The zero-order valence-corrected chi connectivity index (χ0v) is 15.5. The largest absolute Gasteiger partial charge is 0.310 e. The fraction of sp³-hybridized carbons (Fsp3) is 0.353. The molecule has 1 atom stereocenters. The lowest BCUT2D eigenvalue weighted by Crippen LogP contribution is -2.25. The first-order valence-electron chi connectivity index (χ1n) is 7.19. The van der Waals surface area contributed by atoms with Crippen molar-refractivity contribution in [2.75, 3.05) is 6.54 Å². The number of hydrogen-bond acceptors (Lipinski definition) is 2. The van der Waals surface area contributed by atoms with Gasteiger partial charge in [-0.2, -0.15) is 0 Å². The van der Waals surface area contributed by atoms with Gasteiger partial charge >= 0.3 is 0 Å². The van der Waals surface area contributed by atoms with Gasteiger partial charge in [0.1, 0.15) is 0 Å². The van der Waals surface area contributed by atoms with Crippen molar-refractivity contribution >= 4 is 31.9 Å². The van der Waals surface area contributed by atoms with Crippen LogP contribution >= 0.6 is 31.9 Å². The highest BCUT2D eigenvalue weighted by Gasteiger charge is 2.14. The number of hydrogen-bond donors (Lipinski definition) is 1. The van der Waals surface area contributed by atoms with Crippen molar-refractivity contribution in [3.05, 3.63) is 62.3 Å². The highest BCUT2D eigenvalue weighted by Crippen LogP contribution is 2.26. The quantitative estimate of drug-likeness (QED) is 0.706. The highest BCUT2D eigenvalue weighted by molar-refractivity contribution is 9.10. The van der Waals surface area contributed by atoms with Crippen LogP contribution in [0.2, 0.25) is 0 Å². The van der Waals surface area contributed by atoms with Gasteiger partial charge in [0.15, 0.2) is 0 Å². The van der Waals surface area contributed by atoms with Gasteiger partial charge in [-0.15, -0.1) is 0 Å². The fourth-order valence-corrected chi connectivity index (χ4v) is 3.19. The molecule has 0 amide bonds. The van der Waals surface area contributed by atoms with Gasteiger partial charge in [0.05, 0.1) is 0 Å². The molecule has 1 aromatic carbocycles. The van der Waals surface area contributed by atoms with Gasteiger partial charge in [0.2, 0.25) is 0 Å². The van der Waals surface area contributed by atoms with E-state index in [9.17, 15) is 0 Å². The summed E-state index contributed by atoms with van der Waals surface area (Å²) in [6.45, 7) is 5.37. The third kappa shape index (κ3) is 4.90. The lowest BCUT2D eigenvalue weighted by molar-refractivity contribution is 0.526. The third-order valence-corrected chi connectivity index (χ3v) is 4.39. The second-order valence-electron chi connectivity index (χ2n) is 5.22. The van der Waals surface area contributed by atoms with E-state index < -0.39 is 0 Å². The number of benzene rings is 1. The zero-order chi connectivity index (χ0) is 15.2. The first-order chi connectivity index (χ1) is 10.1. The molecule has 0 saturated heterocycles. The molecule has 1 unspecified atom stereocenters. The van der Waals surface area contributed by atoms with Crippen LogP contribution in [0.25, 0.3) is 0 Å². The van der Waals surface area contributed by atoms with E-state index in [1.54, 1.807) is 0 Å². The topological polar surface area (TPSA) is 24.9 Å². The Morgan fingerprint density at radius 2 is 1.95 bits per heavy atom. The predicted molar refractivity (Wildman–Crippen MR) is 95.6 cm³/mol. The van der Waals surface area contributed by atoms with Crippen molar-refractivity contribution < 1.29 is 0 Å². The Kier molecular flexibility index (Phi) is 6.40. The molecular formula is C17H20Br2N2. The predicted octanol–water partition coefficient (Wildman–Crippen LogP) is 5.20. The molecule has 112 valence electrons. The van der Waals surface area contributed by atoms with Crippen molar-refractivity contribution in [2.45, 2.75) is 32.7 Å². The van der Waals surface area contributed by atoms with Crippen LogP contribution in [0, 0.1) is 6.92 Å². The highest BCUT2D eigenvalue weighted by atomic mass is 79.9. The molecule has 1 N–H and O–H groups in total. The SMILES string of the molecule is CCCNC(Cc1cncc(Br)c1)c1cc(Br)ccc1C. The van der Waals surface area contributed by atoms with Crippen LogP contribution in [-0.2, 0) is 6.42 Å². The average molecular weight is 412 g/mol. The summed E-state index contributed by atoms with van der Waals surface area (Å²) in [5, 5.41) is 3.66. The maximum atomic E-state index is 4.27. The molecule has 0 radical (unpaired) electrons. The Balaban J connectivity index is 2.27. The monoisotopic (exact) mass is 410 g/mol. The van der Waals surface area contributed by atoms with E-state index in [1.165, 1.54) is 16.7 Å². The maximum absolute atomic E-state index is 4.27. The van der Waals surface area contributed by atoms with Crippen molar-refractivity contribution in [1.82, 2.24) is 10.3 Å². The molecule has 0 aliphatic carbocycles. The number of rotatable bonds is 6. The number of halogens is 2. The van der Waals surface area contributed by atoms with Crippen molar-refractivity contribution in [3.8, 4) is 0 Å². The average Bonchev–Trinajstić information content (AvgIpc) is 2.46. The number of aryl methyl sites for hydroxylation is 1. The molecular weight excluding hydrogens is 392 g/mol. The van der Waals surface area contributed by atoms with Crippen molar-refractivity contribution in [2.24, 2.45) is 0 Å². The first kappa shape index (κ1) is 16.7. The Bertz CT molecular complexity index is 599. The van der Waals surface area contributed by atoms with E-state index in [0.717, 1.165) is 28.3 Å². The van der Waals surface area contributed by atoms with Gasteiger partial charge in [0, 0.05) is 27.4 Å². The molecule has 2 rings (SSSR count). The molecule has 21 heavy (non-hydrogen) atoms. The lowest BCUT2D eigenvalue weighted by Gasteiger charge is -2.21. The Morgan fingerprint density at radius 3 is 2.67 bits per heavy atom.